The number of ether oxygens (including phenoxy) is 1. The van der Waals surface area contributed by atoms with Crippen LogP contribution < -0.4 is 21.3 Å². The fraction of sp³-hybridized carbons (Fsp3) is 0.280. The zero-order valence-electron chi connectivity index (χ0n) is 19.1. The Hall–Kier alpha value is -3.47. The summed E-state index contributed by atoms with van der Waals surface area (Å²) in [7, 11) is 0. The van der Waals surface area contributed by atoms with Gasteiger partial charge in [-0.05, 0) is 24.3 Å². The molecule has 1 saturated heterocycles. The minimum Gasteiger partial charge on any atom is -0.479 e. The van der Waals surface area contributed by atoms with E-state index in [0.717, 1.165) is 49.4 Å². The molecule has 2 aliphatic heterocycles. The van der Waals surface area contributed by atoms with Crippen LogP contribution in [0.1, 0.15) is 10.4 Å². The van der Waals surface area contributed by atoms with Gasteiger partial charge in [-0.3, -0.25) is 19.1 Å². The number of carbonyl (C=O) groups excluding carboxylic acids is 1. The van der Waals surface area contributed by atoms with Gasteiger partial charge in [0.05, 0.1) is 16.8 Å². The maximum atomic E-state index is 13.1. The molecular formula is C25H22ClN5O4S. The Morgan fingerprint density at radius 1 is 1.17 bits per heavy atom. The number of amides is 1. The van der Waals surface area contributed by atoms with Crippen molar-refractivity contribution in [2.75, 3.05) is 26.2 Å². The molecule has 1 aromatic carbocycles. The highest BCUT2D eigenvalue weighted by Gasteiger charge is 2.35. The number of aromatic nitrogens is 3. The molecule has 1 fully saturated rings. The van der Waals surface area contributed by atoms with Crippen LogP contribution in [0, 0.1) is 0 Å². The number of hydrogen-bond acceptors (Lipinski definition) is 7. The van der Waals surface area contributed by atoms with Gasteiger partial charge in [0.25, 0.3) is 11.5 Å². The summed E-state index contributed by atoms with van der Waals surface area (Å²) >= 11 is 7.96. The molecule has 2 N–H and O–H groups in total. The average Bonchev–Trinajstić information content (AvgIpc) is 3.49. The van der Waals surface area contributed by atoms with E-state index in [1.54, 1.807) is 6.20 Å². The molecule has 0 bridgehead atoms. The van der Waals surface area contributed by atoms with Crippen LogP contribution in [0.25, 0.3) is 21.3 Å². The Morgan fingerprint density at radius 3 is 2.81 bits per heavy atom. The van der Waals surface area contributed by atoms with Gasteiger partial charge in [0, 0.05) is 77.7 Å². The highest BCUT2D eigenvalue weighted by atomic mass is 35.5. The van der Waals surface area contributed by atoms with Gasteiger partial charge in [-0.1, -0.05) is 11.6 Å². The van der Waals surface area contributed by atoms with Crippen molar-refractivity contribution in [3.8, 4) is 16.9 Å². The van der Waals surface area contributed by atoms with E-state index in [1.165, 1.54) is 23.6 Å². The lowest BCUT2D eigenvalue weighted by molar-refractivity contribution is -0.138. The summed E-state index contributed by atoms with van der Waals surface area (Å²) in [5, 5.41) is 3.82. The largest absolute Gasteiger partial charge is 0.479 e. The Bertz CT molecular complexity index is 1580. The topological polar surface area (TPSA) is 109 Å². The number of benzene rings is 1. The van der Waals surface area contributed by atoms with Crippen molar-refractivity contribution < 1.29 is 9.53 Å². The van der Waals surface area contributed by atoms with Crippen molar-refractivity contribution in [1.82, 2.24) is 24.8 Å². The number of fused-ring (bicyclic) bond motifs is 2. The standard InChI is InChI=1S/C25H22ClN5O4S/c26-15-9-14-10-20(24(33)30-7-5-27-6-8-30)35-22(14)18(11-15)17-1-3-28-19-12-16(36-23(17)19)13-31-21(32)2-4-29-25(31)34/h1-4,9,11-12,20,27H,5-8,10,13H2,(H,29,34)/t20-/m1/s1. The zero-order chi connectivity index (χ0) is 24.8. The number of nitrogens with zero attached hydrogens (tertiary/aromatic N) is 3. The van der Waals surface area contributed by atoms with E-state index in [9.17, 15) is 14.4 Å². The summed E-state index contributed by atoms with van der Waals surface area (Å²) in [6.07, 6.45) is 2.94. The first-order chi connectivity index (χ1) is 17.5. The molecule has 4 aromatic rings. The fourth-order valence-corrected chi connectivity index (χ4v) is 6.16. The van der Waals surface area contributed by atoms with Crippen LogP contribution >= 0.6 is 22.9 Å². The smallest absolute Gasteiger partial charge is 0.328 e. The number of halogens is 1. The molecule has 3 aromatic heterocycles. The molecule has 9 nitrogen and oxygen atoms in total. The summed E-state index contributed by atoms with van der Waals surface area (Å²) in [6, 6.07) is 8.80. The molecule has 0 saturated carbocycles. The Labute approximate surface area is 214 Å². The van der Waals surface area contributed by atoms with Gasteiger partial charge in [0.1, 0.15) is 5.75 Å². The molecule has 0 spiro atoms. The number of hydrogen-bond donors (Lipinski definition) is 2. The van der Waals surface area contributed by atoms with Crippen molar-refractivity contribution in [2.45, 2.75) is 19.1 Å². The van der Waals surface area contributed by atoms with Crippen LogP contribution in [0.3, 0.4) is 0 Å². The van der Waals surface area contributed by atoms with Gasteiger partial charge in [0.15, 0.2) is 6.10 Å². The Balaban J connectivity index is 1.37. The number of pyridine rings is 1. The van der Waals surface area contributed by atoms with E-state index < -0.39 is 11.8 Å². The number of thiophene rings is 1. The minimum absolute atomic E-state index is 0.00779. The average molecular weight is 524 g/mol. The summed E-state index contributed by atoms with van der Waals surface area (Å²) in [5.74, 6) is 0.651. The molecule has 1 amide bonds. The van der Waals surface area contributed by atoms with Crippen molar-refractivity contribution in [1.29, 1.82) is 0 Å². The molecule has 6 rings (SSSR count). The van der Waals surface area contributed by atoms with Crippen LogP contribution in [0.4, 0.5) is 0 Å². The normalized spacial score (nSPS) is 17.2. The molecule has 36 heavy (non-hydrogen) atoms. The van der Waals surface area contributed by atoms with Crippen LogP contribution in [0.2, 0.25) is 5.02 Å². The number of nitrogens with one attached hydrogen (secondary N) is 2. The molecule has 0 aliphatic carbocycles. The molecule has 11 heteroatoms. The van der Waals surface area contributed by atoms with Crippen LogP contribution in [0.5, 0.6) is 5.75 Å². The molecule has 184 valence electrons. The third kappa shape index (κ3) is 4.11. The molecule has 1 atom stereocenters. The maximum Gasteiger partial charge on any atom is 0.328 e. The predicted octanol–water partition coefficient (Wildman–Crippen LogP) is 2.25. The van der Waals surface area contributed by atoms with Gasteiger partial charge >= 0.3 is 5.69 Å². The molecule has 2 aliphatic rings. The van der Waals surface area contributed by atoms with Crippen molar-refractivity contribution in [3.05, 3.63) is 79.0 Å². The lowest BCUT2D eigenvalue weighted by atomic mass is 10.0. The number of piperazine rings is 1. The summed E-state index contributed by atoms with van der Waals surface area (Å²) in [4.78, 5) is 47.1. The lowest BCUT2D eigenvalue weighted by Gasteiger charge is -2.29. The van der Waals surface area contributed by atoms with Crippen molar-refractivity contribution in [3.63, 3.8) is 0 Å². The van der Waals surface area contributed by atoms with Crippen LogP contribution in [-0.2, 0) is 17.8 Å². The first-order valence-corrected chi connectivity index (χ1v) is 12.8. The predicted molar refractivity (Wildman–Crippen MR) is 138 cm³/mol. The summed E-state index contributed by atoms with van der Waals surface area (Å²) in [5.41, 5.74) is 2.48. The number of carbonyl (C=O) groups is 1. The first-order valence-electron chi connectivity index (χ1n) is 11.6. The molecule has 0 unspecified atom stereocenters. The minimum atomic E-state index is -0.580. The van der Waals surface area contributed by atoms with Gasteiger partial charge in [0.2, 0.25) is 0 Å². The fourth-order valence-electron chi connectivity index (χ4n) is 4.79. The van der Waals surface area contributed by atoms with E-state index in [2.05, 4.69) is 15.3 Å². The van der Waals surface area contributed by atoms with Gasteiger partial charge < -0.3 is 19.9 Å². The first kappa shape index (κ1) is 23.0. The van der Waals surface area contributed by atoms with Crippen molar-refractivity contribution >= 4 is 39.1 Å². The molecule has 0 radical (unpaired) electrons. The maximum absolute atomic E-state index is 13.1. The van der Waals surface area contributed by atoms with E-state index in [1.807, 2.05) is 29.2 Å². The van der Waals surface area contributed by atoms with Gasteiger partial charge in [-0.25, -0.2) is 4.79 Å². The van der Waals surface area contributed by atoms with Gasteiger partial charge in [-0.2, -0.15) is 0 Å². The zero-order valence-corrected chi connectivity index (χ0v) is 20.7. The third-order valence-corrected chi connectivity index (χ3v) is 7.87. The Kier molecular flexibility index (Phi) is 5.87. The lowest BCUT2D eigenvalue weighted by Crippen LogP contribution is -2.50. The quantitative estimate of drug-likeness (QED) is 0.424. The second kappa shape index (κ2) is 9.20. The number of H-pyrrole nitrogens is 1. The monoisotopic (exact) mass is 523 g/mol. The summed E-state index contributed by atoms with van der Waals surface area (Å²) in [6.45, 7) is 3.02. The van der Waals surface area contributed by atoms with Crippen LogP contribution in [0.15, 0.2) is 52.3 Å². The molecular weight excluding hydrogens is 502 g/mol. The summed E-state index contributed by atoms with van der Waals surface area (Å²) < 4.78 is 8.31. The SMILES string of the molecule is O=C([C@H]1Cc2cc(Cl)cc(-c3ccnc4cc(Cn5c(=O)cc[nH]c5=O)sc34)c2O1)N1CCNCC1. The third-order valence-electron chi connectivity index (χ3n) is 6.51. The Morgan fingerprint density at radius 2 is 2.00 bits per heavy atom. The highest BCUT2D eigenvalue weighted by molar-refractivity contribution is 7.19. The van der Waals surface area contributed by atoms with Crippen molar-refractivity contribution in [2.24, 2.45) is 0 Å². The van der Waals surface area contributed by atoms with E-state index in [4.69, 9.17) is 16.3 Å². The van der Waals surface area contributed by atoms with Gasteiger partial charge in [-0.15, -0.1) is 11.3 Å². The number of rotatable bonds is 4. The highest BCUT2D eigenvalue weighted by Crippen LogP contribution is 2.44. The second-order valence-electron chi connectivity index (χ2n) is 8.82. The molecule has 5 heterocycles. The second-order valence-corrected chi connectivity index (χ2v) is 10.4. The van der Waals surface area contributed by atoms with Crippen LogP contribution in [-0.4, -0.2) is 57.6 Å². The number of aromatic amines is 1. The van der Waals surface area contributed by atoms with E-state index in [0.29, 0.717) is 30.3 Å². The van der Waals surface area contributed by atoms with E-state index >= 15 is 0 Å². The van der Waals surface area contributed by atoms with E-state index in [-0.39, 0.29) is 18.0 Å².